The van der Waals surface area contributed by atoms with Crippen LogP contribution in [0.15, 0.2) is 146 Å². The van der Waals surface area contributed by atoms with Crippen molar-refractivity contribution < 1.29 is 0 Å². The molecule has 0 unspecified atom stereocenters. The molecule has 2 nitrogen and oxygen atoms in total. The standard InChI is InChI=1S/C42H40N2/c1-5-33-13-9-17-41(29-33)43(39-15-7-11-31(3)27-39)37-23-19-35(20-24-37)36-21-25-38(26-22-36)44(40-16-8-12-32(4)28-40)42-18-10-14-34(6-2)30-42/h7-30H,5-6H2,1-4H3. The Morgan fingerprint density at radius 3 is 1.05 bits per heavy atom. The van der Waals surface area contributed by atoms with Crippen molar-refractivity contribution in [3.8, 4) is 11.1 Å². The lowest BCUT2D eigenvalue weighted by molar-refractivity contribution is 1.13. The third kappa shape index (κ3) is 6.31. The molecule has 0 aliphatic carbocycles. The number of hydrogen-bond acceptors (Lipinski definition) is 2. The van der Waals surface area contributed by atoms with E-state index in [-0.39, 0.29) is 0 Å². The fourth-order valence-corrected chi connectivity index (χ4v) is 5.87. The van der Waals surface area contributed by atoms with Crippen LogP contribution in [0.1, 0.15) is 36.1 Å². The van der Waals surface area contributed by atoms with Crippen molar-refractivity contribution in [2.24, 2.45) is 0 Å². The van der Waals surface area contributed by atoms with Gasteiger partial charge in [-0.15, -0.1) is 0 Å². The summed E-state index contributed by atoms with van der Waals surface area (Å²) in [5, 5.41) is 0. The Kier molecular flexibility index (Phi) is 8.61. The number of hydrogen-bond donors (Lipinski definition) is 0. The Bertz CT molecular complexity index is 1710. The Balaban J connectivity index is 1.34. The Hall–Kier alpha value is -5.08. The second-order valence-corrected chi connectivity index (χ2v) is 11.5. The van der Waals surface area contributed by atoms with Crippen LogP contribution in [0.3, 0.4) is 0 Å². The first-order valence-corrected chi connectivity index (χ1v) is 15.6. The smallest absolute Gasteiger partial charge is 0.0464 e. The summed E-state index contributed by atoms with van der Waals surface area (Å²) in [4.78, 5) is 4.70. The molecule has 0 saturated carbocycles. The summed E-state index contributed by atoms with van der Waals surface area (Å²) in [6.45, 7) is 8.71. The molecular weight excluding hydrogens is 532 g/mol. The zero-order chi connectivity index (χ0) is 30.5. The first kappa shape index (κ1) is 29.0. The van der Waals surface area contributed by atoms with Crippen molar-refractivity contribution in [1.29, 1.82) is 0 Å². The van der Waals surface area contributed by atoms with Crippen LogP contribution in [0, 0.1) is 13.8 Å². The minimum Gasteiger partial charge on any atom is -0.310 e. The molecule has 6 rings (SSSR count). The van der Waals surface area contributed by atoms with E-state index in [1.165, 1.54) is 56.1 Å². The van der Waals surface area contributed by atoms with E-state index in [1.807, 2.05) is 0 Å². The van der Waals surface area contributed by atoms with Gasteiger partial charge in [-0.25, -0.2) is 0 Å². The Morgan fingerprint density at radius 1 is 0.364 bits per heavy atom. The summed E-state index contributed by atoms with van der Waals surface area (Å²) < 4.78 is 0. The lowest BCUT2D eigenvalue weighted by Gasteiger charge is -2.27. The Labute approximate surface area is 262 Å². The fraction of sp³-hybridized carbons (Fsp3) is 0.143. The summed E-state index contributed by atoms with van der Waals surface area (Å²) in [5.74, 6) is 0. The average molecular weight is 573 g/mol. The van der Waals surface area contributed by atoms with E-state index in [0.29, 0.717) is 0 Å². The van der Waals surface area contributed by atoms with E-state index in [0.717, 1.165) is 24.2 Å². The highest BCUT2D eigenvalue weighted by Crippen LogP contribution is 2.38. The van der Waals surface area contributed by atoms with Crippen LogP contribution in [0.2, 0.25) is 0 Å². The van der Waals surface area contributed by atoms with E-state index in [1.54, 1.807) is 0 Å². The maximum atomic E-state index is 2.35. The molecule has 0 fully saturated rings. The second kappa shape index (κ2) is 13.1. The van der Waals surface area contributed by atoms with Gasteiger partial charge in [0.1, 0.15) is 0 Å². The van der Waals surface area contributed by atoms with Gasteiger partial charge in [0, 0.05) is 34.1 Å². The fourth-order valence-electron chi connectivity index (χ4n) is 5.87. The number of rotatable bonds is 9. The molecular formula is C42H40N2. The van der Waals surface area contributed by atoms with Gasteiger partial charge in [-0.05, 0) is 133 Å². The summed E-state index contributed by atoms with van der Waals surface area (Å²) in [7, 11) is 0. The molecule has 0 aromatic heterocycles. The molecule has 0 radical (unpaired) electrons. The van der Waals surface area contributed by atoms with Gasteiger partial charge in [0.25, 0.3) is 0 Å². The quantitative estimate of drug-likeness (QED) is 0.170. The lowest BCUT2D eigenvalue weighted by atomic mass is 10.0. The number of nitrogens with zero attached hydrogens (tertiary/aromatic N) is 2. The molecule has 0 aliphatic rings. The minimum atomic E-state index is 1.01. The highest BCUT2D eigenvalue weighted by molar-refractivity contribution is 5.81. The van der Waals surface area contributed by atoms with E-state index < -0.39 is 0 Å². The molecule has 2 heteroatoms. The summed E-state index contributed by atoms with van der Waals surface area (Å²) >= 11 is 0. The molecule has 218 valence electrons. The SMILES string of the molecule is CCc1cccc(N(c2ccc(-c3ccc(N(c4cccc(C)c4)c4cccc(CC)c4)cc3)cc2)c2cccc(C)c2)c1. The third-order valence-electron chi connectivity index (χ3n) is 8.26. The zero-order valence-corrected chi connectivity index (χ0v) is 26.2. The van der Waals surface area contributed by atoms with Crippen LogP contribution in [0.4, 0.5) is 34.1 Å². The molecule has 44 heavy (non-hydrogen) atoms. The third-order valence-corrected chi connectivity index (χ3v) is 8.26. The maximum absolute atomic E-state index is 2.35. The number of aryl methyl sites for hydroxylation is 4. The molecule has 0 aliphatic heterocycles. The van der Waals surface area contributed by atoms with Crippen molar-refractivity contribution in [2.45, 2.75) is 40.5 Å². The van der Waals surface area contributed by atoms with Crippen LogP contribution in [0.25, 0.3) is 11.1 Å². The highest BCUT2D eigenvalue weighted by atomic mass is 15.1. The monoisotopic (exact) mass is 572 g/mol. The molecule has 0 amide bonds. The highest BCUT2D eigenvalue weighted by Gasteiger charge is 2.15. The van der Waals surface area contributed by atoms with E-state index in [4.69, 9.17) is 0 Å². The van der Waals surface area contributed by atoms with Crippen molar-refractivity contribution in [3.05, 3.63) is 168 Å². The first-order valence-electron chi connectivity index (χ1n) is 15.6. The van der Waals surface area contributed by atoms with E-state index in [9.17, 15) is 0 Å². The molecule has 0 spiro atoms. The molecule has 0 heterocycles. The predicted molar refractivity (Wildman–Crippen MR) is 189 cm³/mol. The molecule has 0 N–H and O–H groups in total. The van der Waals surface area contributed by atoms with Crippen molar-refractivity contribution in [2.75, 3.05) is 9.80 Å². The number of anilines is 6. The van der Waals surface area contributed by atoms with Gasteiger partial charge in [-0.2, -0.15) is 0 Å². The maximum Gasteiger partial charge on any atom is 0.0464 e. The van der Waals surface area contributed by atoms with Gasteiger partial charge in [0.05, 0.1) is 0 Å². The van der Waals surface area contributed by atoms with Gasteiger partial charge in [0.2, 0.25) is 0 Å². The summed E-state index contributed by atoms with van der Waals surface area (Å²) in [6.07, 6.45) is 2.02. The normalized spacial score (nSPS) is 10.9. The van der Waals surface area contributed by atoms with Crippen LogP contribution < -0.4 is 9.80 Å². The van der Waals surface area contributed by atoms with E-state index in [2.05, 4.69) is 183 Å². The van der Waals surface area contributed by atoms with Gasteiger partial charge >= 0.3 is 0 Å². The van der Waals surface area contributed by atoms with Crippen molar-refractivity contribution >= 4 is 34.1 Å². The van der Waals surface area contributed by atoms with Crippen LogP contribution in [-0.4, -0.2) is 0 Å². The van der Waals surface area contributed by atoms with Gasteiger partial charge in [-0.3, -0.25) is 0 Å². The van der Waals surface area contributed by atoms with Crippen LogP contribution in [-0.2, 0) is 12.8 Å². The summed E-state index contributed by atoms with van der Waals surface area (Å²) in [6, 6.07) is 53.0. The van der Waals surface area contributed by atoms with E-state index >= 15 is 0 Å². The van der Waals surface area contributed by atoms with Gasteiger partial charge in [-0.1, -0.05) is 86.6 Å². The molecule has 6 aromatic carbocycles. The predicted octanol–water partition coefficient (Wildman–Crippen LogP) is 12.0. The Morgan fingerprint density at radius 2 is 0.705 bits per heavy atom. The number of benzene rings is 6. The summed E-state index contributed by atoms with van der Waals surface area (Å²) in [5.41, 5.74) is 14.5. The topological polar surface area (TPSA) is 6.48 Å². The zero-order valence-electron chi connectivity index (χ0n) is 26.2. The van der Waals surface area contributed by atoms with Crippen LogP contribution >= 0.6 is 0 Å². The lowest BCUT2D eigenvalue weighted by Crippen LogP contribution is -2.10. The first-order chi connectivity index (χ1) is 21.5. The molecule has 0 saturated heterocycles. The van der Waals surface area contributed by atoms with Crippen molar-refractivity contribution in [1.82, 2.24) is 0 Å². The second-order valence-electron chi connectivity index (χ2n) is 11.5. The molecule has 0 bridgehead atoms. The average Bonchev–Trinajstić information content (AvgIpc) is 3.06. The van der Waals surface area contributed by atoms with Crippen molar-refractivity contribution in [3.63, 3.8) is 0 Å². The van der Waals surface area contributed by atoms with Gasteiger partial charge < -0.3 is 9.80 Å². The largest absolute Gasteiger partial charge is 0.310 e. The molecule has 6 aromatic rings. The van der Waals surface area contributed by atoms with Gasteiger partial charge in [0.15, 0.2) is 0 Å². The van der Waals surface area contributed by atoms with Crippen LogP contribution in [0.5, 0.6) is 0 Å². The molecule has 0 atom stereocenters. The minimum absolute atomic E-state index is 1.01.